The van der Waals surface area contributed by atoms with E-state index in [1.807, 2.05) is 60.7 Å². The molecule has 0 amide bonds. The monoisotopic (exact) mass is 462 g/mol. The summed E-state index contributed by atoms with van der Waals surface area (Å²) >= 11 is 0. The lowest BCUT2D eigenvalue weighted by atomic mass is 9.74. The zero-order chi connectivity index (χ0) is 23.6. The van der Waals surface area contributed by atoms with E-state index in [1.165, 1.54) is 19.3 Å². The predicted molar refractivity (Wildman–Crippen MR) is 135 cm³/mol. The normalized spacial score (nSPS) is 17.1. The molecule has 1 aromatic heterocycles. The summed E-state index contributed by atoms with van der Waals surface area (Å²) < 4.78 is 12.0. The molecule has 0 aliphatic heterocycles. The number of hydrogen-bond acceptors (Lipinski definition) is 5. The van der Waals surface area contributed by atoms with Crippen LogP contribution in [0.25, 0.3) is 0 Å². The van der Waals surface area contributed by atoms with Gasteiger partial charge >= 0.3 is 0 Å². The summed E-state index contributed by atoms with van der Waals surface area (Å²) in [5.74, 6) is 2.22. The van der Waals surface area contributed by atoms with Crippen LogP contribution in [0.2, 0.25) is 0 Å². The molecule has 1 atom stereocenters. The summed E-state index contributed by atoms with van der Waals surface area (Å²) in [5, 5.41) is 12.1. The van der Waals surface area contributed by atoms with Gasteiger partial charge < -0.3 is 14.3 Å². The average Bonchev–Trinajstić information content (AvgIpc) is 3.31. The molecule has 182 valence electrons. The van der Waals surface area contributed by atoms with Crippen molar-refractivity contribution in [2.24, 2.45) is 5.92 Å². The molecule has 0 bridgehead atoms. The second kappa shape index (κ2) is 12.2. The van der Waals surface area contributed by atoms with Crippen LogP contribution >= 0.6 is 0 Å². The van der Waals surface area contributed by atoms with Crippen molar-refractivity contribution >= 4 is 0 Å². The van der Waals surface area contributed by atoms with Gasteiger partial charge in [-0.3, -0.25) is 4.90 Å². The molecule has 1 N–H and O–H groups in total. The van der Waals surface area contributed by atoms with E-state index in [0.717, 1.165) is 55.7 Å². The molecule has 1 saturated carbocycles. The second-order valence-electron chi connectivity index (χ2n) is 9.56. The fourth-order valence-electron chi connectivity index (χ4n) is 5.04. The maximum Gasteiger partial charge on any atom is 0.231 e. The lowest BCUT2D eigenvalue weighted by molar-refractivity contribution is -0.0200. The summed E-state index contributed by atoms with van der Waals surface area (Å²) in [6, 6.07) is 19.9. The van der Waals surface area contributed by atoms with Gasteiger partial charge in [-0.1, -0.05) is 80.6 Å². The Labute approximate surface area is 203 Å². The molecule has 0 spiro atoms. The summed E-state index contributed by atoms with van der Waals surface area (Å²) in [5.41, 5.74) is -0.320. The summed E-state index contributed by atoms with van der Waals surface area (Å²) in [7, 11) is 2.07. The Bertz CT molecular complexity index is 967. The minimum absolute atomic E-state index is 0.106. The number of nitrogens with zero attached hydrogens (tertiary/aromatic N) is 2. The highest BCUT2D eigenvalue weighted by molar-refractivity contribution is 5.30. The van der Waals surface area contributed by atoms with Crippen LogP contribution in [0.3, 0.4) is 0 Å². The highest BCUT2D eigenvalue weighted by atomic mass is 16.5. The zero-order valence-corrected chi connectivity index (χ0v) is 20.4. The van der Waals surface area contributed by atoms with E-state index in [9.17, 15) is 5.11 Å². The van der Waals surface area contributed by atoms with E-state index in [1.54, 1.807) is 6.20 Å². The minimum Gasteiger partial charge on any atom is -0.494 e. The van der Waals surface area contributed by atoms with Gasteiger partial charge in [0.15, 0.2) is 5.60 Å². The van der Waals surface area contributed by atoms with E-state index in [-0.39, 0.29) is 5.92 Å². The molecule has 1 aliphatic rings. The van der Waals surface area contributed by atoms with Crippen LogP contribution in [0.5, 0.6) is 5.75 Å². The van der Waals surface area contributed by atoms with E-state index < -0.39 is 5.60 Å². The first kappa shape index (κ1) is 24.5. The number of aliphatic hydroxyl groups is 1. The lowest BCUT2D eigenvalue weighted by Gasteiger charge is -2.35. The van der Waals surface area contributed by atoms with E-state index in [2.05, 4.69) is 16.9 Å². The van der Waals surface area contributed by atoms with Gasteiger partial charge in [0.1, 0.15) is 11.5 Å². The second-order valence-corrected chi connectivity index (χ2v) is 9.56. The first-order valence-electron chi connectivity index (χ1n) is 12.8. The first-order chi connectivity index (χ1) is 16.7. The third-order valence-electron chi connectivity index (χ3n) is 6.91. The summed E-state index contributed by atoms with van der Waals surface area (Å²) in [4.78, 5) is 6.82. The molecule has 0 saturated heterocycles. The van der Waals surface area contributed by atoms with E-state index in [4.69, 9.17) is 9.15 Å². The number of rotatable bonds is 10. The highest BCUT2D eigenvalue weighted by Crippen LogP contribution is 2.42. The summed E-state index contributed by atoms with van der Waals surface area (Å²) in [6.45, 7) is 2.20. The van der Waals surface area contributed by atoms with Crippen molar-refractivity contribution in [3.05, 3.63) is 84.1 Å². The van der Waals surface area contributed by atoms with Gasteiger partial charge in [-0.05, 0) is 44.0 Å². The Kier molecular flexibility index (Phi) is 8.78. The van der Waals surface area contributed by atoms with Gasteiger partial charge in [0.25, 0.3) is 0 Å². The summed E-state index contributed by atoms with van der Waals surface area (Å²) in [6.07, 6.45) is 10.7. The van der Waals surface area contributed by atoms with Gasteiger partial charge in [-0.2, -0.15) is 0 Å². The third-order valence-corrected chi connectivity index (χ3v) is 6.91. The Hall–Kier alpha value is -2.63. The maximum absolute atomic E-state index is 12.1. The van der Waals surface area contributed by atoms with Gasteiger partial charge in [-0.25, -0.2) is 4.98 Å². The number of aromatic nitrogens is 1. The molecule has 0 radical (unpaired) electrons. The van der Waals surface area contributed by atoms with Gasteiger partial charge in [0, 0.05) is 12.5 Å². The van der Waals surface area contributed by atoms with Gasteiger partial charge in [0.05, 0.1) is 19.3 Å². The van der Waals surface area contributed by atoms with E-state index >= 15 is 0 Å². The number of hydrogen-bond donors (Lipinski definition) is 1. The first-order valence-corrected chi connectivity index (χ1v) is 12.8. The largest absolute Gasteiger partial charge is 0.494 e. The molecule has 3 aromatic rings. The van der Waals surface area contributed by atoms with Gasteiger partial charge in [-0.15, -0.1) is 0 Å². The predicted octanol–water partition coefficient (Wildman–Crippen LogP) is 6.17. The molecule has 5 heteroatoms. The van der Waals surface area contributed by atoms with Crippen LogP contribution < -0.4 is 4.74 Å². The molecular formula is C29H38N2O3. The van der Waals surface area contributed by atoms with Crippen molar-refractivity contribution in [2.75, 3.05) is 20.2 Å². The number of benzene rings is 2. The highest BCUT2D eigenvalue weighted by Gasteiger charge is 2.44. The fraction of sp³-hybridized carbons (Fsp3) is 0.483. The van der Waals surface area contributed by atoms with Crippen molar-refractivity contribution in [1.29, 1.82) is 0 Å². The molecule has 1 aliphatic carbocycles. The van der Waals surface area contributed by atoms with Crippen molar-refractivity contribution in [3.63, 3.8) is 0 Å². The lowest BCUT2D eigenvalue weighted by Crippen LogP contribution is -2.37. The molecule has 1 fully saturated rings. The fourth-order valence-corrected chi connectivity index (χ4v) is 5.04. The van der Waals surface area contributed by atoms with Crippen molar-refractivity contribution in [1.82, 2.24) is 9.88 Å². The van der Waals surface area contributed by atoms with Crippen LogP contribution in [-0.4, -0.2) is 35.2 Å². The number of para-hydroxylation sites is 1. The average molecular weight is 463 g/mol. The van der Waals surface area contributed by atoms with Crippen molar-refractivity contribution in [2.45, 2.75) is 63.5 Å². The molecule has 4 rings (SSSR count). The van der Waals surface area contributed by atoms with Crippen LogP contribution in [-0.2, 0) is 12.1 Å². The van der Waals surface area contributed by atoms with Crippen LogP contribution in [0, 0.1) is 5.92 Å². The topological polar surface area (TPSA) is 58.7 Å². The number of oxazole rings is 1. The minimum atomic E-state index is -1.20. The van der Waals surface area contributed by atoms with Crippen LogP contribution in [0.1, 0.15) is 68.6 Å². The Morgan fingerprint density at radius 1 is 0.971 bits per heavy atom. The molecule has 1 heterocycles. The third kappa shape index (κ3) is 6.28. The van der Waals surface area contributed by atoms with E-state index in [0.29, 0.717) is 19.0 Å². The Morgan fingerprint density at radius 3 is 2.32 bits per heavy atom. The molecule has 34 heavy (non-hydrogen) atoms. The Balaban J connectivity index is 1.40. The molecule has 2 aromatic carbocycles. The van der Waals surface area contributed by atoms with Gasteiger partial charge in [0.2, 0.25) is 5.89 Å². The number of ether oxygens (including phenoxy) is 1. The quantitative estimate of drug-likeness (QED) is 0.365. The van der Waals surface area contributed by atoms with Crippen LogP contribution in [0.4, 0.5) is 0 Å². The zero-order valence-electron chi connectivity index (χ0n) is 20.4. The van der Waals surface area contributed by atoms with Crippen molar-refractivity contribution < 1.29 is 14.3 Å². The Morgan fingerprint density at radius 2 is 1.62 bits per heavy atom. The molecular weight excluding hydrogens is 424 g/mol. The van der Waals surface area contributed by atoms with Crippen LogP contribution in [0.15, 0.2) is 71.3 Å². The smallest absolute Gasteiger partial charge is 0.231 e. The van der Waals surface area contributed by atoms with Crippen molar-refractivity contribution in [3.8, 4) is 5.75 Å². The molecule has 5 nitrogen and oxygen atoms in total. The maximum atomic E-state index is 12.1. The standard InChI is InChI=1S/C29H38N2O3/c1-31(20-13-21-33-26-18-11-6-12-19-26)23-27-22-30-28(34-27)29(32,25-16-9-5-10-17-25)24-14-7-3-2-4-8-15-24/h5-6,9-12,16-19,22,24,32H,2-4,7-8,13-15,20-21,23H2,1H3. The molecule has 1 unspecified atom stereocenters. The SMILES string of the molecule is CN(CCCOc1ccccc1)Cc1cnc(C(O)(c2ccccc2)C2CCCCCCC2)o1.